The molecule has 0 N–H and O–H groups in total. The molecule has 0 saturated carbocycles. The summed E-state index contributed by atoms with van der Waals surface area (Å²) in [5, 5.41) is 0. The molecule has 28 heavy (non-hydrogen) atoms. The number of carbonyl (C=O) groups excluding carboxylic acids is 1. The van der Waals surface area contributed by atoms with Crippen LogP contribution in [-0.2, 0) is 4.74 Å². The zero-order valence-corrected chi connectivity index (χ0v) is 16.1. The molecule has 146 valence electrons. The number of hydrogen-bond acceptors (Lipinski definition) is 5. The predicted molar refractivity (Wildman–Crippen MR) is 105 cm³/mol. The van der Waals surface area contributed by atoms with Gasteiger partial charge in [-0.2, -0.15) is 0 Å². The number of hydrogen-bond donors (Lipinski definition) is 0. The second-order valence-electron chi connectivity index (χ2n) is 7.89. The van der Waals surface area contributed by atoms with Crippen molar-refractivity contribution < 1.29 is 14.3 Å². The van der Waals surface area contributed by atoms with E-state index in [9.17, 15) is 4.79 Å². The Hall–Kier alpha value is -2.44. The molecule has 2 unspecified atom stereocenters. The van der Waals surface area contributed by atoms with Crippen LogP contribution in [0.15, 0.2) is 42.7 Å². The van der Waals surface area contributed by atoms with Gasteiger partial charge in [0, 0.05) is 57.3 Å². The van der Waals surface area contributed by atoms with Crippen LogP contribution in [0, 0.1) is 0 Å². The van der Waals surface area contributed by atoms with Gasteiger partial charge in [0.25, 0.3) is 5.91 Å². The maximum Gasteiger partial charge on any atom is 0.257 e. The first-order valence-corrected chi connectivity index (χ1v) is 10.0. The quantitative estimate of drug-likeness (QED) is 0.802. The van der Waals surface area contributed by atoms with Crippen molar-refractivity contribution in [2.24, 2.45) is 0 Å². The second-order valence-corrected chi connectivity index (χ2v) is 7.89. The van der Waals surface area contributed by atoms with Crippen molar-refractivity contribution in [1.29, 1.82) is 0 Å². The molecule has 1 aromatic carbocycles. The van der Waals surface area contributed by atoms with Crippen LogP contribution >= 0.6 is 0 Å². The summed E-state index contributed by atoms with van der Waals surface area (Å²) < 4.78 is 12.0. The van der Waals surface area contributed by atoms with Crippen molar-refractivity contribution in [2.75, 3.05) is 33.4 Å². The summed E-state index contributed by atoms with van der Waals surface area (Å²) in [6, 6.07) is 10.4. The molecule has 5 rings (SSSR count). The van der Waals surface area contributed by atoms with Gasteiger partial charge in [0.1, 0.15) is 11.9 Å². The van der Waals surface area contributed by atoms with Gasteiger partial charge in [0.2, 0.25) is 0 Å². The van der Waals surface area contributed by atoms with E-state index >= 15 is 0 Å². The number of rotatable bonds is 2. The van der Waals surface area contributed by atoms with Gasteiger partial charge in [0.15, 0.2) is 0 Å². The number of likely N-dealkylation sites (N-methyl/N-ethyl adjacent to an activating group) is 1. The molecule has 0 bridgehead atoms. The van der Waals surface area contributed by atoms with Crippen molar-refractivity contribution in [3.8, 4) is 16.9 Å². The van der Waals surface area contributed by atoms with E-state index in [1.807, 2.05) is 48.5 Å². The first-order valence-electron chi connectivity index (χ1n) is 10.0. The maximum atomic E-state index is 13.1. The van der Waals surface area contributed by atoms with Crippen LogP contribution in [0.2, 0.25) is 0 Å². The molecule has 1 aromatic heterocycles. The fourth-order valence-electron chi connectivity index (χ4n) is 4.63. The lowest BCUT2D eigenvalue weighted by molar-refractivity contribution is 0.0379. The van der Waals surface area contributed by atoms with Gasteiger partial charge < -0.3 is 14.4 Å². The van der Waals surface area contributed by atoms with Gasteiger partial charge in [-0.25, -0.2) is 0 Å². The van der Waals surface area contributed by atoms with E-state index in [1.54, 1.807) is 6.20 Å². The van der Waals surface area contributed by atoms with E-state index < -0.39 is 0 Å². The van der Waals surface area contributed by atoms with E-state index in [0.29, 0.717) is 17.4 Å². The second kappa shape index (κ2) is 7.18. The molecular weight excluding hydrogens is 354 g/mol. The largest absolute Gasteiger partial charge is 0.486 e. The number of pyridine rings is 1. The van der Waals surface area contributed by atoms with Gasteiger partial charge in [-0.3, -0.25) is 14.7 Å². The Balaban J connectivity index is 1.44. The number of amides is 1. The Kier molecular flexibility index (Phi) is 4.53. The highest BCUT2D eigenvalue weighted by Crippen LogP contribution is 2.35. The van der Waals surface area contributed by atoms with Crippen molar-refractivity contribution in [2.45, 2.75) is 31.0 Å². The van der Waals surface area contributed by atoms with Crippen LogP contribution in [-0.4, -0.2) is 72.2 Å². The molecule has 2 atom stereocenters. The van der Waals surface area contributed by atoms with Gasteiger partial charge in [0.05, 0.1) is 11.6 Å². The zero-order valence-electron chi connectivity index (χ0n) is 16.1. The Bertz CT molecular complexity index is 867. The van der Waals surface area contributed by atoms with E-state index in [4.69, 9.17) is 9.47 Å². The highest BCUT2D eigenvalue weighted by atomic mass is 16.5. The summed E-state index contributed by atoms with van der Waals surface area (Å²) in [4.78, 5) is 21.7. The van der Waals surface area contributed by atoms with Crippen LogP contribution in [0.3, 0.4) is 0 Å². The smallest absolute Gasteiger partial charge is 0.257 e. The van der Waals surface area contributed by atoms with Gasteiger partial charge in [-0.15, -0.1) is 0 Å². The fourth-order valence-corrected chi connectivity index (χ4v) is 4.63. The van der Waals surface area contributed by atoms with Crippen LogP contribution in [0.4, 0.5) is 0 Å². The van der Waals surface area contributed by atoms with E-state index in [0.717, 1.165) is 50.3 Å². The molecule has 1 amide bonds. The SMILES string of the molecule is CN1C(=O)c2ccc(-c3cccnc3)cc2OC2CN(C3CCOCC3)CC21. The lowest BCUT2D eigenvalue weighted by Gasteiger charge is -2.31. The molecule has 0 radical (unpaired) electrons. The Morgan fingerprint density at radius 1 is 1.11 bits per heavy atom. The number of ether oxygens (including phenoxy) is 2. The number of nitrogens with zero attached hydrogens (tertiary/aromatic N) is 3. The molecule has 3 aliphatic rings. The summed E-state index contributed by atoms with van der Waals surface area (Å²) in [5.74, 6) is 0.716. The average Bonchev–Trinajstić information content (AvgIpc) is 3.14. The van der Waals surface area contributed by atoms with E-state index in [2.05, 4.69) is 9.88 Å². The number of carbonyl (C=O) groups is 1. The van der Waals surface area contributed by atoms with E-state index in [1.165, 1.54) is 0 Å². The predicted octanol–water partition coefficient (Wildman–Crippen LogP) is 2.44. The van der Waals surface area contributed by atoms with E-state index in [-0.39, 0.29) is 18.1 Å². The summed E-state index contributed by atoms with van der Waals surface area (Å²) in [6.07, 6.45) is 5.69. The molecule has 4 heterocycles. The zero-order chi connectivity index (χ0) is 19.1. The minimum Gasteiger partial charge on any atom is -0.486 e. The Morgan fingerprint density at radius 3 is 2.75 bits per heavy atom. The topological polar surface area (TPSA) is 54.9 Å². The minimum absolute atomic E-state index is 0.0119. The van der Waals surface area contributed by atoms with Crippen molar-refractivity contribution in [3.63, 3.8) is 0 Å². The standard InChI is InChI=1S/C22H25N3O3/c1-24-19-13-25(17-6-9-27-10-7-17)14-21(19)28-20-11-15(4-5-18(20)22(24)26)16-3-2-8-23-12-16/h2-5,8,11-12,17,19,21H,6-7,9-10,13-14H2,1H3. The first kappa shape index (κ1) is 17.6. The summed E-state index contributed by atoms with van der Waals surface area (Å²) >= 11 is 0. The van der Waals surface area contributed by atoms with Crippen LogP contribution in [0.5, 0.6) is 5.75 Å². The number of aromatic nitrogens is 1. The Labute approximate surface area is 165 Å². The molecular formula is C22H25N3O3. The van der Waals surface area contributed by atoms with Gasteiger partial charge in [-0.1, -0.05) is 12.1 Å². The minimum atomic E-state index is -0.0119. The normalized spacial score (nSPS) is 25.8. The van der Waals surface area contributed by atoms with Crippen molar-refractivity contribution >= 4 is 5.91 Å². The molecule has 2 saturated heterocycles. The summed E-state index contributed by atoms with van der Waals surface area (Å²) in [7, 11) is 1.90. The molecule has 3 aliphatic heterocycles. The van der Waals surface area contributed by atoms with Crippen molar-refractivity contribution in [3.05, 3.63) is 48.3 Å². The fraction of sp³-hybridized carbons (Fsp3) is 0.455. The third kappa shape index (κ3) is 3.06. The average molecular weight is 379 g/mol. The van der Waals surface area contributed by atoms with Crippen LogP contribution in [0.1, 0.15) is 23.2 Å². The van der Waals surface area contributed by atoms with Crippen LogP contribution in [0.25, 0.3) is 11.1 Å². The van der Waals surface area contributed by atoms with Gasteiger partial charge >= 0.3 is 0 Å². The molecule has 6 nitrogen and oxygen atoms in total. The van der Waals surface area contributed by atoms with Crippen molar-refractivity contribution in [1.82, 2.24) is 14.8 Å². The number of likely N-dealkylation sites (tertiary alicyclic amines) is 1. The molecule has 2 aromatic rings. The third-order valence-corrected chi connectivity index (χ3v) is 6.28. The lowest BCUT2D eigenvalue weighted by Crippen LogP contribution is -2.44. The first-order chi connectivity index (χ1) is 13.7. The molecule has 0 spiro atoms. The highest BCUT2D eigenvalue weighted by Gasteiger charge is 2.44. The molecule has 0 aliphatic carbocycles. The molecule has 6 heteroatoms. The number of benzene rings is 1. The van der Waals surface area contributed by atoms with Gasteiger partial charge in [-0.05, 0) is 36.6 Å². The number of fused-ring (bicyclic) bond motifs is 2. The monoisotopic (exact) mass is 379 g/mol. The summed E-state index contributed by atoms with van der Waals surface area (Å²) in [5.41, 5.74) is 2.67. The Morgan fingerprint density at radius 2 is 1.96 bits per heavy atom. The third-order valence-electron chi connectivity index (χ3n) is 6.28. The maximum absolute atomic E-state index is 13.1. The highest BCUT2D eigenvalue weighted by molar-refractivity contribution is 5.98. The summed E-state index contributed by atoms with van der Waals surface area (Å²) in [6.45, 7) is 3.36. The van der Waals surface area contributed by atoms with Crippen LogP contribution < -0.4 is 4.74 Å². The lowest BCUT2D eigenvalue weighted by atomic mass is 10.0. The molecule has 2 fully saturated rings.